The van der Waals surface area contributed by atoms with Gasteiger partial charge in [0, 0.05) is 30.9 Å². The summed E-state index contributed by atoms with van der Waals surface area (Å²) in [5, 5.41) is 11.9. The number of rotatable bonds is 7. The van der Waals surface area contributed by atoms with Gasteiger partial charge in [0.15, 0.2) is 0 Å². The Balaban J connectivity index is 1.60. The van der Waals surface area contributed by atoms with Crippen LogP contribution in [0.5, 0.6) is 0 Å². The Hall–Kier alpha value is -2.05. The summed E-state index contributed by atoms with van der Waals surface area (Å²) in [6.07, 6.45) is 7.69. The van der Waals surface area contributed by atoms with Crippen molar-refractivity contribution in [1.29, 1.82) is 0 Å². The Bertz CT molecular complexity index is 508. The third-order valence-electron chi connectivity index (χ3n) is 3.98. The Morgan fingerprint density at radius 2 is 2.19 bits per heavy atom. The van der Waals surface area contributed by atoms with Crippen LogP contribution >= 0.6 is 0 Å². The van der Waals surface area contributed by atoms with Gasteiger partial charge in [0.2, 0.25) is 0 Å². The molecule has 2 amide bonds. The Kier molecular flexibility index (Phi) is 3.81. The lowest BCUT2D eigenvalue weighted by Gasteiger charge is -2.25. The first-order valence-corrected chi connectivity index (χ1v) is 7.40. The first-order valence-electron chi connectivity index (χ1n) is 7.40. The van der Waals surface area contributed by atoms with Crippen LogP contribution in [-0.4, -0.2) is 50.6 Å². The van der Waals surface area contributed by atoms with E-state index in [0.29, 0.717) is 17.7 Å². The molecule has 1 aromatic rings. The molecule has 2 fully saturated rings. The van der Waals surface area contributed by atoms with Gasteiger partial charge in [-0.3, -0.25) is 0 Å². The maximum atomic E-state index is 12.4. The quantitative estimate of drug-likeness (QED) is 0.698. The first kappa shape index (κ1) is 13.9. The predicted molar refractivity (Wildman–Crippen MR) is 74.7 cm³/mol. The van der Waals surface area contributed by atoms with Gasteiger partial charge >= 0.3 is 12.0 Å². The molecule has 0 saturated heterocycles. The van der Waals surface area contributed by atoms with Crippen LogP contribution in [-0.2, 0) is 11.2 Å². The lowest BCUT2D eigenvalue weighted by Crippen LogP contribution is -2.50. The maximum Gasteiger partial charge on any atom is 0.326 e. The zero-order chi connectivity index (χ0) is 14.8. The van der Waals surface area contributed by atoms with Gasteiger partial charge in [0.05, 0.1) is 6.33 Å². The zero-order valence-corrected chi connectivity index (χ0v) is 11.8. The van der Waals surface area contributed by atoms with Crippen molar-refractivity contribution in [3.05, 3.63) is 18.2 Å². The van der Waals surface area contributed by atoms with Crippen molar-refractivity contribution in [3.63, 3.8) is 0 Å². The highest BCUT2D eigenvalue weighted by atomic mass is 16.4. The summed E-state index contributed by atoms with van der Waals surface area (Å²) in [6, 6.07) is -0.887. The molecule has 1 atom stereocenters. The van der Waals surface area contributed by atoms with Crippen molar-refractivity contribution >= 4 is 12.0 Å². The van der Waals surface area contributed by atoms with E-state index in [1.165, 1.54) is 19.2 Å². The normalized spacial score (nSPS) is 19.0. The van der Waals surface area contributed by atoms with Crippen LogP contribution in [0.1, 0.15) is 31.4 Å². The van der Waals surface area contributed by atoms with Crippen LogP contribution in [0.25, 0.3) is 0 Å². The second-order valence-corrected chi connectivity index (χ2v) is 5.95. The number of H-pyrrole nitrogens is 1. The molecule has 1 unspecified atom stereocenters. The number of hydrogen-bond acceptors (Lipinski definition) is 3. The van der Waals surface area contributed by atoms with Gasteiger partial charge in [-0.25, -0.2) is 14.6 Å². The van der Waals surface area contributed by atoms with E-state index >= 15 is 0 Å². The topological polar surface area (TPSA) is 98.3 Å². The van der Waals surface area contributed by atoms with Gasteiger partial charge in [-0.2, -0.15) is 0 Å². The van der Waals surface area contributed by atoms with Crippen molar-refractivity contribution in [2.75, 3.05) is 6.54 Å². The van der Waals surface area contributed by atoms with Gasteiger partial charge < -0.3 is 20.3 Å². The molecule has 7 nitrogen and oxygen atoms in total. The molecule has 2 aliphatic rings. The molecule has 0 radical (unpaired) electrons. The third-order valence-corrected chi connectivity index (χ3v) is 3.98. The second kappa shape index (κ2) is 5.75. The maximum absolute atomic E-state index is 12.4. The van der Waals surface area contributed by atoms with E-state index < -0.39 is 12.0 Å². The van der Waals surface area contributed by atoms with E-state index in [2.05, 4.69) is 15.3 Å². The van der Waals surface area contributed by atoms with Crippen LogP contribution in [0, 0.1) is 5.92 Å². The fraction of sp³-hybridized carbons (Fsp3) is 0.643. The molecule has 1 heterocycles. The minimum Gasteiger partial charge on any atom is -0.480 e. The monoisotopic (exact) mass is 292 g/mol. The van der Waals surface area contributed by atoms with Crippen molar-refractivity contribution in [2.24, 2.45) is 5.92 Å². The number of imidazole rings is 1. The van der Waals surface area contributed by atoms with E-state index in [1.807, 2.05) is 4.90 Å². The number of aromatic nitrogens is 2. The summed E-state index contributed by atoms with van der Waals surface area (Å²) in [4.78, 5) is 32.2. The van der Waals surface area contributed by atoms with E-state index in [9.17, 15) is 14.7 Å². The Morgan fingerprint density at radius 1 is 1.43 bits per heavy atom. The highest BCUT2D eigenvalue weighted by molar-refractivity contribution is 5.83. The molecule has 0 bridgehead atoms. The molecule has 7 heteroatoms. The summed E-state index contributed by atoms with van der Waals surface area (Å²) < 4.78 is 0. The molecule has 0 aromatic carbocycles. The molecule has 3 N–H and O–H groups in total. The van der Waals surface area contributed by atoms with Gasteiger partial charge in [-0.05, 0) is 31.6 Å². The van der Waals surface area contributed by atoms with Crippen molar-refractivity contribution in [2.45, 2.75) is 44.2 Å². The van der Waals surface area contributed by atoms with E-state index in [0.717, 1.165) is 19.4 Å². The predicted octanol–water partition coefficient (Wildman–Crippen LogP) is 0.989. The number of aliphatic carboxylic acids is 1. The molecule has 0 spiro atoms. The lowest BCUT2D eigenvalue weighted by molar-refractivity contribution is -0.139. The van der Waals surface area contributed by atoms with E-state index in [-0.39, 0.29) is 12.5 Å². The summed E-state index contributed by atoms with van der Waals surface area (Å²) in [6.45, 7) is 0.757. The molecular formula is C14H20N4O3. The molecule has 21 heavy (non-hydrogen) atoms. The molecule has 2 aliphatic carbocycles. The standard InChI is InChI=1S/C14H20N4O3/c19-13(20)12(5-10-6-15-8-16-10)17-14(21)18(11-3-4-11)7-9-1-2-9/h6,8-9,11-12H,1-5,7H2,(H,15,16)(H,17,21)(H,19,20). The molecule has 1 aromatic heterocycles. The number of carbonyl (C=O) groups excluding carboxylic acids is 1. The second-order valence-electron chi connectivity index (χ2n) is 5.95. The van der Waals surface area contributed by atoms with Crippen LogP contribution < -0.4 is 5.32 Å². The van der Waals surface area contributed by atoms with E-state index in [1.54, 1.807) is 6.20 Å². The average molecular weight is 292 g/mol. The van der Waals surface area contributed by atoms with Crippen molar-refractivity contribution in [1.82, 2.24) is 20.2 Å². The van der Waals surface area contributed by atoms with Crippen LogP contribution in [0.2, 0.25) is 0 Å². The number of carboxylic acids is 1. The number of nitrogens with one attached hydrogen (secondary N) is 2. The summed E-state index contributed by atoms with van der Waals surface area (Å²) >= 11 is 0. The third kappa shape index (κ3) is 3.74. The molecular weight excluding hydrogens is 272 g/mol. The van der Waals surface area contributed by atoms with Gasteiger partial charge in [-0.1, -0.05) is 0 Å². The summed E-state index contributed by atoms with van der Waals surface area (Å²) in [5.41, 5.74) is 0.697. The first-order chi connectivity index (χ1) is 10.1. The number of amides is 2. The minimum atomic E-state index is -1.03. The fourth-order valence-electron chi connectivity index (χ4n) is 2.41. The van der Waals surface area contributed by atoms with Crippen molar-refractivity contribution < 1.29 is 14.7 Å². The SMILES string of the molecule is O=C(O)C(Cc1cnc[nH]1)NC(=O)N(CC1CC1)C1CC1. The fourth-order valence-corrected chi connectivity index (χ4v) is 2.41. The van der Waals surface area contributed by atoms with Crippen LogP contribution in [0.4, 0.5) is 4.79 Å². The number of hydrogen-bond donors (Lipinski definition) is 3. The molecule has 2 saturated carbocycles. The Morgan fingerprint density at radius 3 is 2.71 bits per heavy atom. The number of carboxylic acid groups (broad SMARTS) is 1. The number of nitrogens with zero attached hydrogens (tertiary/aromatic N) is 2. The van der Waals surface area contributed by atoms with Gasteiger partial charge in [-0.15, -0.1) is 0 Å². The Labute approximate surface area is 122 Å². The minimum absolute atomic E-state index is 0.211. The summed E-state index contributed by atoms with van der Waals surface area (Å²) in [5.74, 6) is -0.424. The van der Waals surface area contributed by atoms with Gasteiger partial charge in [0.1, 0.15) is 6.04 Å². The van der Waals surface area contributed by atoms with E-state index in [4.69, 9.17) is 0 Å². The largest absolute Gasteiger partial charge is 0.480 e. The zero-order valence-electron chi connectivity index (χ0n) is 11.8. The molecule has 0 aliphatic heterocycles. The smallest absolute Gasteiger partial charge is 0.326 e. The highest BCUT2D eigenvalue weighted by Crippen LogP contribution is 2.34. The van der Waals surface area contributed by atoms with Gasteiger partial charge in [0.25, 0.3) is 0 Å². The van der Waals surface area contributed by atoms with Crippen LogP contribution in [0.15, 0.2) is 12.5 Å². The molecule has 3 rings (SSSR count). The number of carbonyl (C=O) groups is 2. The van der Waals surface area contributed by atoms with Crippen molar-refractivity contribution in [3.8, 4) is 0 Å². The molecule has 114 valence electrons. The summed E-state index contributed by atoms with van der Waals surface area (Å²) in [7, 11) is 0. The number of aromatic amines is 1. The lowest BCUT2D eigenvalue weighted by atomic mass is 10.1. The average Bonchev–Trinajstić information content (AvgIpc) is 3.36. The number of urea groups is 1. The van der Waals surface area contributed by atoms with Crippen LogP contribution in [0.3, 0.4) is 0 Å². The highest BCUT2D eigenvalue weighted by Gasteiger charge is 2.37.